The maximum Gasteiger partial charge on any atom is 0.305 e. The summed E-state index contributed by atoms with van der Waals surface area (Å²) in [5.41, 5.74) is 2.54. The second-order valence-electron chi connectivity index (χ2n) is 4.47. The predicted octanol–water partition coefficient (Wildman–Crippen LogP) is 2.64. The second kappa shape index (κ2) is 7.39. The lowest BCUT2D eigenvalue weighted by atomic mass is 10.0. The molecule has 100 valence electrons. The van der Waals surface area contributed by atoms with E-state index >= 15 is 0 Å². The van der Waals surface area contributed by atoms with Crippen molar-refractivity contribution >= 4 is 18.4 Å². The minimum atomic E-state index is -0.147. The number of methoxy groups -OCH3 is 1. The minimum Gasteiger partial charge on any atom is -0.469 e. The van der Waals surface area contributed by atoms with Crippen LogP contribution in [0.15, 0.2) is 24.3 Å². The van der Waals surface area contributed by atoms with E-state index in [2.05, 4.69) is 34.3 Å². The van der Waals surface area contributed by atoms with Gasteiger partial charge in [-0.15, -0.1) is 12.4 Å². The van der Waals surface area contributed by atoms with Crippen LogP contribution in [0.1, 0.15) is 36.4 Å². The molecular weight excluding hydrogens is 250 g/mol. The molecule has 4 heteroatoms. The normalized spacial score (nSPS) is 18.2. The van der Waals surface area contributed by atoms with Crippen molar-refractivity contribution in [2.75, 3.05) is 13.7 Å². The van der Waals surface area contributed by atoms with Gasteiger partial charge in [0.15, 0.2) is 0 Å². The van der Waals surface area contributed by atoms with Crippen molar-refractivity contribution in [2.24, 2.45) is 0 Å². The van der Waals surface area contributed by atoms with E-state index in [1.807, 2.05) is 0 Å². The number of aryl methyl sites for hydroxylation is 1. The fourth-order valence-corrected chi connectivity index (χ4v) is 2.23. The van der Waals surface area contributed by atoms with Crippen molar-refractivity contribution in [1.82, 2.24) is 5.32 Å². The zero-order chi connectivity index (χ0) is 12.1. The third-order valence-corrected chi connectivity index (χ3v) is 3.29. The number of carbonyl (C=O) groups excluding carboxylic acids is 1. The maximum atomic E-state index is 11.0. The number of hydrogen-bond acceptors (Lipinski definition) is 3. The number of hydrogen-bond donors (Lipinski definition) is 1. The molecule has 0 bridgehead atoms. The van der Waals surface area contributed by atoms with Gasteiger partial charge in [-0.3, -0.25) is 4.79 Å². The number of rotatable bonds is 4. The van der Waals surface area contributed by atoms with Crippen LogP contribution >= 0.6 is 12.4 Å². The largest absolute Gasteiger partial charge is 0.469 e. The van der Waals surface area contributed by atoms with Gasteiger partial charge in [0.1, 0.15) is 0 Å². The standard InChI is InChI=1S/C14H19NO2.ClH/c1-17-14(16)9-6-11-4-7-12(8-5-11)13-3-2-10-15-13;/h4-5,7-8,13,15H,2-3,6,9-10H2,1H3;1H/t13-;/m0./s1. The van der Waals surface area contributed by atoms with E-state index in [1.54, 1.807) is 0 Å². The Morgan fingerprint density at radius 1 is 1.39 bits per heavy atom. The summed E-state index contributed by atoms with van der Waals surface area (Å²) in [6, 6.07) is 9.06. The van der Waals surface area contributed by atoms with Gasteiger partial charge in [-0.2, -0.15) is 0 Å². The molecule has 18 heavy (non-hydrogen) atoms. The fraction of sp³-hybridized carbons (Fsp3) is 0.500. The first-order chi connectivity index (χ1) is 8.29. The molecule has 0 amide bonds. The molecule has 0 saturated carbocycles. The summed E-state index contributed by atoms with van der Waals surface area (Å²) in [4.78, 5) is 11.0. The molecule has 0 aromatic heterocycles. The van der Waals surface area contributed by atoms with Crippen molar-refractivity contribution in [3.8, 4) is 0 Å². The minimum absolute atomic E-state index is 0. The highest BCUT2D eigenvalue weighted by Gasteiger charge is 2.15. The predicted molar refractivity (Wildman–Crippen MR) is 74.0 cm³/mol. The Hall–Kier alpha value is -1.06. The van der Waals surface area contributed by atoms with Gasteiger partial charge in [-0.25, -0.2) is 0 Å². The first kappa shape index (κ1) is 15.0. The molecule has 1 atom stereocenters. The summed E-state index contributed by atoms with van der Waals surface area (Å²) in [7, 11) is 1.43. The lowest BCUT2D eigenvalue weighted by Gasteiger charge is -2.11. The Bertz CT molecular complexity index is 372. The van der Waals surface area contributed by atoms with Crippen LogP contribution in [-0.4, -0.2) is 19.6 Å². The lowest BCUT2D eigenvalue weighted by Crippen LogP contribution is -2.12. The summed E-state index contributed by atoms with van der Waals surface area (Å²) < 4.78 is 4.63. The van der Waals surface area contributed by atoms with Gasteiger partial charge in [0.05, 0.1) is 7.11 Å². The molecular formula is C14H20ClNO2. The van der Waals surface area contributed by atoms with Gasteiger partial charge >= 0.3 is 5.97 Å². The highest BCUT2D eigenvalue weighted by Crippen LogP contribution is 2.23. The van der Waals surface area contributed by atoms with Crippen LogP contribution < -0.4 is 5.32 Å². The number of ether oxygens (including phenoxy) is 1. The highest BCUT2D eigenvalue weighted by atomic mass is 35.5. The first-order valence-corrected chi connectivity index (χ1v) is 6.18. The van der Waals surface area contributed by atoms with Crippen LogP contribution in [0, 0.1) is 0 Å². The number of halogens is 1. The molecule has 3 nitrogen and oxygen atoms in total. The molecule has 1 N–H and O–H groups in total. The van der Waals surface area contributed by atoms with Crippen molar-refractivity contribution in [2.45, 2.75) is 31.7 Å². The van der Waals surface area contributed by atoms with Crippen LogP contribution in [0.5, 0.6) is 0 Å². The Kier molecular flexibility index (Phi) is 6.16. The summed E-state index contributed by atoms with van der Waals surface area (Å²) in [6.07, 6.45) is 3.69. The summed E-state index contributed by atoms with van der Waals surface area (Å²) >= 11 is 0. The van der Waals surface area contributed by atoms with Crippen LogP contribution in [0.2, 0.25) is 0 Å². The molecule has 1 fully saturated rings. The second-order valence-corrected chi connectivity index (χ2v) is 4.47. The molecule has 1 aliphatic rings. The summed E-state index contributed by atoms with van der Waals surface area (Å²) in [5, 5.41) is 3.48. The monoisotopic (exact) mass is 269 g/mol. The molecule has 0 radical (unpaired) electrons. The number of esters is 1. The maximum absolute atomic E-state index is 11.0. The summed E-state index contributed by atoms with van der Waals surface area (Å²) in [5.74, 6) is -0.147. The molecule has 0 unspecified atom stereocenters. The fourth-order valence-electron chi connectivity index (χ4n) is 2.23. The SMILES string of the molecule is COC(=O)CCc1ccc([C@@H]2CCCN2)cc1.Cl. The zero-order valence-electron chi connectivity index (χ0n) is 10.6. The lowest BCUT2D eigenvalue weighted by molar-refractivity contribution is -0.140. The van der Waals surface area contributed by atoms with Gasteiger partial charge in [-0.1, -0.05) is 24.3 Å². The molecule has 2 rings (SSSR count). The number of benzene rings is 1. The Morgan fingerprint density at radius 2 is 2.11 bits per heavy atom. The number of nitrogens with one attached hydrogen (secondary N) is 1. The van der Waals surface area contributed by atoms with Crippen molar-refractivity contribution in [3.05, 3.63) is 35.4 Å². The molecule has 0 spiro atoms. The van der Waals surface area contributed by atoms with Gasteiger partial charge in [0, 0.05) is 12.5 Å². The first-order valence-electron chi connectivity index (χ1n) is 6.18. The van der Waals surface area contributed by atoms with E-state index in [4.69, 9.17) is 0 Å². The van der Waals surface area contributed by atoms with E-state index in [9.17, 15) is 4.79 Å². The smallest absolute Gasteiger partial charge is 0.305 e. The molecule has 0 aliphatic carbocycles. The Labute approximate surface area is 114 Å². The van der Waals surface area contributed by atoms with Crippen LogP contribution in [0.4, 0.5) is 0 Å². The van der Waals surface area contributed by atoms with Gasteiger partial charge in [-0.05, 0) is 36.9 Å². The Morgan fingerprint density at radius 3 is 2.67 bits per heavy atom. The van der Waals surface area contributed by atoms with E-state index in [0.717, 1.165) is 13.0 Å². The van der Waals surface area contributed by atoms with Crippen LogP contribution in [0.25, 0.3) is 0 Å². The highest BCUT2D eigenvalue weighted by molar-refractivity contribution is 5.85. The van der Waals surface area contributed by atoms with Gasteiger partial charge in [0.25, 0.3) is 0 Å². The van der Waals surface area contributed by atoms with E-state index < -0.39 is 0 Å². The molecule has 1 aliphatic heterocycles. The van der Waals surface area contributed by atoms with Crippen molar-refractivity contribution in [1.29, 1.82) is 0 Å². The zero-order valence-corrected chi connectivity index (χ0v) is 11.5. The number of carbonyl (C=O) groups is 1. The Balaban J connectivity index is 0.00000162. The van der Waals surface area contributed by atoms with Gasteiger partial charge < -0.3 is 10.1 Å². The molecule has 1 aromatic carbocycles. The third-order valence-electron chi connectivity index (χ3n) is 3.29. The van der Waals surface area contributed by atoms with Crippen molar-refractivity contribution < 1.29 is 9.53 Å². The average molecular weight is 270 g/mol. The molecule has 1 aromatic rings. The quantitative estimate of drug-likeness (QED) is 0.854. The third kappa shape index (κ3) is 4.00. The van der Waals surface area contributed by atoms with E-state index in [1.165, 1.54) is 31.1 Å². The molecule has 1 heterocycles. The van der Waals surface area contributed by atoms with Gasteiger partial charge in [0.2, 0.25) is 0 Å². The average Bonchev–Trinajstić information content (AvgIpc) is 2.90. The van der Waals surface area contributed by atoms with Crippen molar-refractivity contribution in [3.63, 3.8) is 0 Å². The topological polar surface area (TPSA) is 38.3 Å². The van der Waals surface area contributed by atoms with Crippen LogP contribution in [-0.2, 0) is 16.0 Å². The van der Waals surface area contributed by atoms with Crippen LogP contribution in [0.3, 0.4) is 0 Å². The summed E-state index contributed by atoms with van der Waals surface area (Å²) in [6.45, 7) is 1.12. The van der Waals surface area contributed by atoms with E-state index in [0.29, 0.717) is 12.5 Å². The molecule has 1 saturated heterocycles. The van der Waals surface area contributed by atoms with E-state index in [-0.39, 0.29) is 18.4 Å².